The summed E-state index contributed by atoms with van der Waals surface area (Å²) in [6, 6.07) is 15.3. The van der Waals surface area contributed by atoms with Gasteiger partial charge in [-0.05, 0) is 110 Å². The molecular weight excluding hydrogens is 1150 g/mol. The Labute approximate surface area is 513 Å². The molecule has 3 heterocycles. The van der Waals surface area contributed by atoms with E-state index >= 15 is 4.79 Å². The van der Waals surface area contributed by atoms with Crippen LogP contribution in [0.4, 0.5) is 4.39 Å². The number of carbonyl (C=O) groups is 9. The molecule has 9 amide bonds. The normalized spacial score (nSPS) is 15.3. The summed E-state index contributed by atoms with van der Waals surface area (Å²) in [6.07, 6.45) is 3.97. The van der Waals surface area contributed by atoms with E-state index in [0.717, 1.165) is 10.9 Å². The topological polar surface area (TPSA) is 404 Å². The second kappa shape index (κ2) is 31.7. The third-order valence-corrected chi connectivity index (χ3v) is 15.4. The van der Waals surface area contributed by atoms with Gasteiger partial charge in [0.05, 0.1) is 6.61 Å². The van der Waals surface area contributed by atoms with E-state index in [1.807, 2.05) is 56.3 Å². The molecule has 474 valence electrons. The number of halogens is 1. The Morgan fingerprint density at radius 3 is 1.70 bits per heavy atom. The maximum absolute atomic E-state index is 15.0. The number of aliphatic imine (C=N–C) groups is 1. The van der Waals surface area contributed by atoms with Crippen LogP contribution in [-0.2, 0) is 68.8 Å². The van der Waals surface area contributed by atoms with Crippen molar-refractivity contribution in [3.8, 4) is 5.75 Å². The summed E-state index contributed by atoms with van der Waals surface area (Å²) in [6.45, 7) is 4.31. The SMILES string of the molecule is CC(C)C[C@H](NC(=O)[C@@H](Cc1c[nH]c2ccccc12)NC(=O)[C@H](Cc1ccc(O)cc1)NC(=O)[C@H](CO)NC(=O)[C@@H](Cc1c[nH]c2ccccc12)NC(=O)CCc1ccc(F)cc1)C(=O)N[C@@H](CCCN=C(N)N)C(=O)N1CCC[C@H]1C(=O)N[C@H](C)C(N)=O. The van der Waals surface area contributed by atoms with E-state index in [1.165, 1.54) is 48.2 Å². The number of nitrogens with one attached hydrogen (secondary N) is 9. The first-order valence-electron chi connectivity index (χ1n) is 29.6. The van der Waals surface area contributed by atoms with Crippen LogP contribution in [0.15, 0.2) is 114 Å². The van der Waals surface area contributed by atoms with Gasteiger partial charge in [0, 0.05) is 73.0 Å². The van der Waals surface area contributed by atoms with Crippen molar-refractivity contribution in [1.29, 1.82) is 0 Å². The lowest BCUT2D eigenvalue weighted by Gasteiger charge is -2.31. The molecule has 26 heteroatoms. The zero-order chi connectivity index (χ0) is 64.3. The third-order valence-electron chi connectivity index (χ3n) is 15.4. The number of aliphatic hydroxyl groups excluding tert-OH is 1. The molecule has 4 aromatic carbocycles. The molecular formula is C63H79FN14O11. The molecule has 1 aliphatic rings. The fourth-order valence-electron chi connectivity index (χ4n) is 10.6. The molecule has 7 rings (SSSR count). The average Bonchev–Trinajstić information content (AvgIpc) is 4.08. The number of rotatable bonds is 31. The second-order valence-corrected chi connectivity index (χ2v) is 22.6. The van der Waals surface area contributed by atoms with Crippen LogP contribution in [0.2, 0.25) is 0 Å². The highest BCUT2D eigenvalue weighted by molar-refractivity contribution is 5.99. The maximum atomic E-state index is 15.0. The molecule has 25 nitrogen and oxygen atoms in total. The first-order valence-corrected chi connectivity index (χ1v) is 29.6. The molecule has 6 aromatic rings. The van der Waals surface area contributed by atoms with Gasteiger partial charge in [0.2, 0.25) is 53.2 Å². The molecule has 17 N–H and O–H groups in total. The van der Waals surface area contributed by atoms with Gasteiger partial charge in [0.1, 0.15) is 59.9 Å². The predicted octanol–water partition coefficient (Wildman–Crippen LogP) is 1.14. The van der Waals surface area contributed by atoms with Crippen LogP contribution < -0.4 is 54.4 Å². The van der Waals surface area contributed by atoms with Crippen LogP contribution in [0.1, 0.15) is 81.5 Å². The molecule has 0 saturated carbocycles. The second-order valence-electron chi connectivity index (χ2n) is 22.6. The molecule has 1 aliphatic heterocycles. The Balaban J connectivity index is 1.14. The number of aliphatic hydroxyl groups is 1. The lowest BCUT2D eigenvalue weighted by molar-refractivity contribution is -0.142. The van der Waals surface area contributed by atoms with Crippen LogP contribution in [-0.4, -0.2) is 152 Å². The van der Waals surface area contributed by atoms with E-state index in [-0.39, 0.29) is 88.5 Å². The number of para-hydroxylation sites is 2. The van der Waals surface area contributed by atoms with Crippen LogP contribution in [0.3, 0.4) is 0 Å². The molecule has 0 spiro atoms. The summed E-state index contributed by atoms with van der Waals surface area (Å²) in [5.74, 6) is -7.88. The van der Waals surface area contributed by atoms with Gasteiger partial charge in [-0.1, -0.05) is 74.5 Å². The number of amides is 9. The first-order chi connectivity index (χ1) is 42.6. The maximum Gasteiger partial charge on any atom is 0.245 e. The molecule has 2 aromatic heterocycles. The Morgan fingerprint density at radius 2 is 1.13 bits per heavy atom. The zero-order valence-electron chi connectivity index (χ0n) is 49.9. The fourth-order valence-corrected chi connectivity index (χ4v) is 10.6. The number of fused-ring (bicyclic) bond motifs is 2. The number of primary amides is 1. The highest BCUT2D eigenvalue weighted by Gasteiger charge is 2.40. The van der Waals surface area contributed by atoms with Crippen LogP contribution in [0.25, 0.3) is 21.8 Å². The average molecular weight is 1230 g/mol. The number of aromatic nitrogens is 2. The Morgan fingerprint density at radius 1 is 0.629 bits per heavy atom. The minimum Gasteiger partial charge on any atom is -0.508 e. The molecule has 89 heavy (non-hydrogen) atoms. The van der Waals surface area contributed by atoms with E-state index in [9.17, 15) is 53.0 Å². The van der Waals surface area contributed by atoms with E-state index in [0.29, 0.717) is 39.6 Å². The first kappa shape index (κ1) is 66.7. The Bertz CT molecular complexity index is 3490. The minimum atomic E-state index is -1.71. The number of aromatic amines is 2. The van der Waals surface area contributed by atoms with Gasteiger partial charge in [-0.25, -0.2) is 4.39 Å². The summed E-state index contributed by atoms with van der Waals surface area (Å²) in [7, 11) is 0. The van der Waals surface area contributed by atoms with E-state index < -0.39 is 114 Å². The number of aromatic hydroxyl groups is 1. The number of likely N-dealkylation sites (tertiary alicyclic amines) is 1. The van der Waals surface area contributed by atoms with Gasteiger partial charge in [-0.15, -0.1) is 0 Å². The number of H-pyrrole nitrogens is 2. The van der Waals surface area contributed by atoms with Crippen molar-refractivity contribution in [2.45, 2.75) is 133 Å². The number of phenols is 1. The van der Waals surface area contributed by atoms with Crippen LogP contribution in [0, 0.1) is 11.7 Å². The van der Waals surface area contributed by atoms with Gasteiger partial charge in [-0.3, -0.25) is 48.1 Å². The van der Waals surface area contributed by atoms with Gasteiger partial charge in [0.25, 0.3) is 0 Å². The standard InChI is InChI=1S/C63H79FN14O11/c1-35(2)28-48(56(83)73-47(14-8-26-68-63(66)67)62(89)78-27-9-15-53(78)61(88)71-36(3)55(65)82)74-59(86)51(31-40-33-70-46-13-7-5-11-44(40)46)76-57(84)49(29-38-18-23-42(80)24-19-38)75-60(87)52(34-79)77-58(85)50(30-39-32-69-45-12-6-4-10-43(39)45)72-54(81)25-20-37-16-21-41(64)22-17-37/h4-7,10-13,16-19,21-24,32-33,35-36,47-53,69-70,79-80H,8-9,14-15,20,25-31,34H2,1-3H3,(H2,65,82)(H,71,88)(H,72,81)(H,73,83)(H,74,86)(H,75,87)(H,76,84)(H,77,85)(H4,66,67,68)/t36-,47+,48+,49+,50-,51-,52+,53+/m1/s1. The van der Waals surface area contributed by atoms with Gasteiger partial charge in [-0.2, -0.15) is 0 Å². The molecule has 8 atom stereocenters. The smallest absolute Gasteiger partial charge is 0.245 e. The lowest BCUT2D eigenvalue weighted by Crippen LogP contribution is -2.61. The Kier molecular flexibility index (Phi) is 23.7. The van der Waals surface area contributed by atoms with Gasteiger partial charge >= 0.3 is 0 Å². The number of nitrogens with zero attached hydrogens (tertiary/aromatic N) is 2. The summed E-state index contributed by atoms with van der Waals surface area (Å²) in [5.41, 5.74) is 20.4. The van der Waals surface area contributed by atoms with Crippen molar-refractivity contribution in [3.05, 3.63) is 138 Å². The highest BCUT2D eigenvalue weighted by atomic mass is 19.1. The molecule has 1 saturated heterocycles. The largest absolute Gasteiger partial charge is 0.508 e. The third kappa shape index (κ3) is 19.1. The van der Waals surface area contributed by atoms with Crippen molar-refractivity contribution in [1.82, 2.24) is 52.1 Å². The fraction of sp³-hybridized carbons (Fsp3) is 0.397. The Hall–Kier alpha value is -9.85. The molecule has 0 unspecified atom stereocenters. The summed E-state index contributed by atoms with van der Waals surface area (Å²) < 4.78 is 13.6. The van der Waals surface area contributed by atoms with Crippen LogP contribution in [0.5, 0.6) is 5.75 Å². The number of hydrogen-bond acceptors (Lipinski definition) is 12. The number of benzene rings is 4. The minimum absolute atomic E-state index is 0.00260. The van der Waals surface area contributed by atoms with Gasteiger partial charge < -0.3 is 79.5 Å². The summed E-state index contributed by atoms with van der Waals surface area (Å²) in [4.78, 5) is 138. The molecule has 0 bridgehead atoms. The predicted molar refractivity (Wildman–Crippen MR) is 330 cm³/mol. The zero-order valence-corrected chi connectivity index (χ0v) is 49.9. The van der Waals surface area contributed by atoms with E-state index in [2.05, 4.69) is 52.2 Å². The van der Waals surface area contributed by atoms with Crippen molar-refractivity contribution < 1.29 is 57.8 Å². The quantitative estimate of drug-likeness (QED) is 0.0165. The van der Waals surface area contributed by atoms with Crippen molar-refractivity contribution in [3.63, 3.8) is 0 Å². The number of phenolic OH excluding ortho intramolecular Hbond substituents is 1. The van der Waals surface area contributed by atoms with Gasteiger partial charge in [0.15, 0.2) is 5.96 Å². The summed E-state index contributed by atoms with van der Waals surface area (Å²) >= 11 is 0. The molecule has 1 fully saturated rings. The number of aryl methyl sites for hydroxylation is 1. The number of nitrogens with two attached hydrogens (primary N) is 3. The number of hydrogen-bond donors (Lipinski definition) is 14. The summed E-state index contributed by atoms with van der Waals surface area (Å²) in [5, 5.41) is 41.3. The number of guanidine groups is 1. The van der Waals surface area contributed by atoms with Crippen molar-refractivity contribution in [2.75, 3.05) is 19.7 Å². The number of carbonyl (C=O) groups excluding carboxylic acids is 9. The molecule has 0 aliphatic carbocycles. The van der Waals surface area contributed by atoms with Crippen molar-refractivity contribution >= 4 is 80.9 Å². The molecule has 0 radical (unpaired) electrons. The lowest BCUT2D eigenvalue weighted by atomic mass is 9.99. The van der Waals surface area contributed by atoms with E-state index in [4.69, 9.17) is 17.2 Å². The highest BCUT2D eigenvalue weighted by Crippen LogP contribution is 2.24. The van der Waals surface area contributed by atoms with Crippen molar-refractivity contribution in [2.24, 2.45) is 28.1 Å². The monoisotopic (exact) mass is 1230 g/mol. The van der Waals surface area contributed by atoms with E-state index in [1.54, 1.807) is 30.6 Å². The van der Waals surface area contributed by atoms with Crippen LogP contribution >= 0.6 is 0 Å².